The summed E-state index contributed by atoms with van der Waals surface area (Å²) in [5, 5.41) is 7.70. The Kier molecular flexibility index (Phi) is 3.04. The summed E-state index contributed by atoms with van der Waals surface area (Å²) in [7, 11) is 0. The number of rotatable bonds is 3. The topological polar surface area (TPSA) is 37.3 Å². The van der Waals surface area contributed by atoms with Crippen molar-refractivity contribution in [3.05, 3.63) is 0 Å². The maximum absolute atomic E-state index is 12.1. The molecule has 1 N–H and O–H groups in total. The van der Waals surface area contributed by atoms with Crippen LogP contribution in [0.2, 0.25) is 0 Å². The Morgan fingerprint density at radius 3 is 1.57 bits per heavy atom. The third kappa shape index (κ3) is 2.26. The van der Waals surface area contributed by atoms with Gasteiger partial charge in [0.25, 0.3) is 0 Å². The fourth-order valence-electron chi connectivity index (χ4n) is 0.508. The van der Waals surface area contributed by atoms with E-state index in [9.17, 15) is 35.5 Å². The minimum absolute atomic E-state index is 2.45. The quantitative estimate of drug-likeness (QED) is 0.752. The number of hydrogen-bond acceptors (Lipinski definition) is 1. The lowest BCUT2D eigenvalue weighted by atomic mass is 10.1. The Balaban J connectivity index is 4.97. The van der Waals surface area contributed by atoms with E-state index in [0.717, 1.165) is 0 Å². The summed E-state index contributed by atoms with van der Waals surface area (Å²) in [4.78, 5) is 9.61. The molecule has 0 fully saturated rings. The smallest absolute Gasteiger partial charge is 0.459 e. The predicted molar refractivity (Wildman–Crippen MR) is 28.2 cm³/mol. The average Bonchev–Trinajstić information content (AvgIpc) is 1.80. The van der Waals surface area contributed by atoms with Crippen molar-refractivity contribution >= 4 is 5.97 Å². The number of carboxylic acids is 1. The van der Waals surface area contributed by atoms with Crippen LogP contribution in [0.3, 0.4) is 0 Å². The van der Waals surface area contributed by atoms with Crippen molar-refractivity contribution in [2.45, 2.75) is 24.4 Å². The third-order valence-electron chi connectivity index (χ3n) is 1.19. The average molecular weight is 228 g/mol. The van der Waals surface area contributed by atoms with Gasteiger partial charge < -0.3 is 5.11 Å². The molecule has 0 spiro atoms. The molecule has 0 aliphatic carbocycles. The van der Waals surface area contributed by atoms with Crippen LogP contribution in [0.15, 0.2) is 0 Å². The van der Waals surface area contributed by atoms with E-state index >= 15 is 0 Å². The highest BCUT2D eigenvalue weighted by atomic mass is 19.4. The first-order valence-electron chi connectivity index (χ1n) is 2.96. The summed E-state index contributed by atoms with van der Waals surface area (Å²) >= 11 is 0. The van der Waals surface area contributed by atoms with Gasteiger partial charge in [-0.15, -0.1) is 0 Å². The second kappa shape index (κ2) is 3.28. The van der Waals surface area contributed by atoms with Gasteiger partial charge in [0.1, 0.15) is 6.42 Å². The van der Waals surface area contributed by atoms with E-state index < -0.39 is 30.4 Å². The second-order valence-electron chi connectivity index (χ2n) is 2.35. The first-order valence-corrected chi connectivity index (χ1v) is 2.96. The molecule has 0 aromatic rings. The van der Waals surface area contributed by atoms with E-state index in [2.05, 4.69) is 0 Å². The lowest BCUT2D eigenvalue weighted by molar-refractivity contribution is -0.354. The molecule has 0 amide bonds. The van der Waals surface area contributed by atoms with Crippen molar-refractivity contribution in [2.24, 2.45) is 0 Å². The highest BCUT2D eigenvalue weighted by Gasteiger charge is 2.73. The van der Waals surface area contributed by atoms with Gasteiger partial charge in [0, 0.05) is 0 Å². The molecule has 0 aliphatic rings. The van der Waals surface area contributed by atoms with Gasteiger partial charge in [0.15, 0.2) is 0 Å². The van der Waals surface area contributed by atoms with E-state index in [1.165, 1.54) is 0 Å². The highest BCUT2D eigenvalue weighted by Crippen LogP contribution is 2.47. The van der Waals surface area contributed by atoms with Crippen molar-refractivity contribution in [1.82, 2.24) is 0 Å². The van der Waals surface area contributed by atoms with Gasteiger partial charge in [-0.3, -0.25) is 4.79 Å². The predicted octanol–water partition coefficient (Wildman–Crippen LogP) is 2.29. The molecule has 14 heavy (non-hydrogen) atoms. The van der Waals surface area contributed by atoms with Crippen LogP contribution >= 0.6 is 0 Å². The highest BCUT2D eigenvalue weighted by molar-refractivity contribution is 5.68. The lowest BCUT2D eigenvalue weighted by Gasteiger charge is -2.26. The van der Waals surface area contributed by atoms with Crippen molar-refractivity contribution in [3.63, 3.8) is 0 Å². The van der Waals surface area contributed by atoms with Crippen LogP contribution in [0.5, 0.6) is 0 Å². The van der Waals surface area contributed by atoms with Gasteiger partial charge in [0.2, 0.25) is 0 Å². The molecule has 0 aliphatic heterocycles. The Bertz CT molecular complexity index is 231. The molecule has 0 saturated carbocycles. The third-order valence-corrected chi connectivity index (χ3v) is 1.19. The number of aliphatic carboxylic acids is 1. The summed E-state index contributed by atoms with van der Waals surface area (Å²) in [6, 6.07) is 0. The van der Waals surface area contributed by atoms with Gasteiger partial charge in [-0.05, 0) is 0 Å². The number of alkyl halides is 7. The number of hydrogen-bond donors (Lipinski definition) is 1. The maximum atomic E-state index is 12.1. The zero-order valence-corrected chi connectivity index (χ0v) is 6.21. The van der Waals surface area contributed by atoms with Crippen molar-refractivity contribution in [2.75, 3.05) is 0 Å². The van der Waals surface area contributed by atoms with E-state index in [-0.39, 0.29) is 0 Å². The summed E-state index contributed by atoms with van der Waals surface area (Å²) < 4.78 is 82.1. The SMILES string of the molecule is O=C(O)CC(F)(F)C(F)(F)C(F)(F)F. The van der Waals surface area contributed by atoms with Gasteiger partial charge in [0.05, 0.1) is 0 Å². The molecule has 0 heterocycles. The Hall–Kier alpha value is -1.02. The van der Waals surface area contributed by atoms with Crippen LogP contribution in [-0.4, -0.2) is 29.1 Å². The molecule has 0 bridgehead atoms. The summed E-state index contributed by atoms with van der Waals surface area (Å²) in [5.74, 6) is -14.4. The van der Waals surface area contributed by atoms with Crippen LogP contribution in [0, 0.1) is 0 Å². The standard InChI is InChI=1S/C5H3F7O2/c6-3(7,1-2(13)14)4(8,9)5(10,11)12/h1H2,(H,13,14). The van der Waals surface area contributed by atoms with Crippen LogP contribution < -0.4 is 0 Å². The summed E-state index contributed by atoms with van der Waals surface area (Å²) in [6.07, 6.45) is -9.06. The van der Waals surface area contributed by atoms with Crippen molar-refractivity contribution in [3.8, 4) is 0 Å². The number of carbonyl (C=O) groups is 1. The van der Waals surface area contributed by atoms with Crippen LogP contribution in [0.4, 0.5) is 30.7 Å². The minimum Gasteiger partial charge on any atom is -0.481 e. The Morgan fingerprint density at radius 1 is 1.00 bits per heavy atom. The van der Waals surface area contributed by atoms with Crippen molar-refractivity contribution in [1.29, 1.82) is 0 Å². The fourth-order valence-corrected chi connectivity index (χ4v) is 0.508. The molecule has 0 rings (SSSR count). The second-order valence-corrected chi connectivity index (χ2v) is 2.35. The van der Waals surface area contributed by atoms with Crippen LogP contribution in [0.1, 0.15) is 6.42 Å². The monoisotopic (exact) mass is 228 g/mol. The zero-order valence-electron chi connectivity index (χ0n) is 6.21. The molecule has 0 aromatic heterocycles. The summed E-state index contributed by atoms with van der Waals surface area (Å²) in [5.41, 5.74) is 0. The molecule has 0 radical (unpaired) electrons. The molecule has 0 saturated heterocycles. The lowest BCUT2D eigenvalue weighted by Crippen LogP contribution is -2.52. The van der Waals surface area contributed by atoms with Gasteiger partial charge in [-0.25, -0.2) is 0 Å². The van der Waals surface area contributed by atoms with Gasteiger partial charge >= 0.3 is 24.0 Å². The Labute approximate surface area is 72.3 Å². The summed E-state index contributed by atoms with van der Waals surface area (Å²) in [6.45, 7) is 0. The van der Waals surface area contributed by atoms with Crippen LogP contribution in [0.25, 0.3) is 0 Å². The molecule has 84 valence electrons. The van der Waals surface area contributed by atoms with Gasteiger partial charge in [-0.1, -0.05) is 0 Å². The minimum atomic E-state index is -6.48. The molecular weight excluding hydrogens is 225 g/mol. The normalized spacial score (nSPS) is 14.2. The van der Waals surface area contributed by atoms with Crippen molar-refractivity contribution < 1.29 is 40.6 Å². The van der Waals surface area contributed by atoms with E-state index in [0.29, 0.717) is 0 Å². The molecule has 9 heteroatoms. The van der Waals surface area contributed by atoms with E-state index in [1.807, 2.05) is 0 Å². The Morgan fingerprint density at radius 2 is 1.36 bits per heavy atom. The zero-order chi connectivity index (χ0) is 11.8. The molecule has 2 nitrogen and oxygen atoms in total. The molecule has 0 aromatic carbocycles. The molecule has 0 unspecified atom stereocenters. The molecule has 0 atom stereocenters. The molecular formula is C5H3F7O2. The van der Waals surface area contributed by atoms with E-state index in [4.69, 9.17) is 5.11 Å². The first kappa shape index (κ1) is 13.0. The van der Waals surface area contributed by atoms with E-state index in [1.54, 1.807) is 0 Å². The fraction of sp³-hybridized carbons (Fsp3) is 0.800. The number of carboxylic acid groups (broad SMARTS) is 1. The van der Waals surface area contributed by atoms with Crippen LogP contribution in [-0.2, 0) is 4.79 Å². The largest absolute Gasteiger partial charge is 0.481 e. The number of halogens is 7. The maximum Gasteiger partial charge on any atom is 0.459 e. The van der Waals surface area contributed by atoms with Gasteiger partial charge in [-0.2, -0.15) is 30.7 Å². The first-order chi connectivity index (χ1) is 5.92.